The molecule has 0 aliphatic carbocycles. The van der Waals surface area contributed by atoms with E-state index in [-0.39, 0.29) is 6.61 Å². The average Bonchev–Trinajstić information content (AvgIpc) is 2.38. The molecule has 0 spiro atoms. The van der Waals surface area contributed by atoms with Crippen LogP contribution in [0.5, 0.6) is 0 Å². The second-order valence-electron chi connectivity index (χ2n) is 4.42. The molecule has 0 saturated heterocycles. The van der Waals surface area contributed by atoms with Gasteiger partial charge < -0.3 is 5.11 Å². The van der Waals surface area contributed by atoms with Crippen LogP contribution in [0.3, 0.4) is 0 Å². The highest BCUT2D eigenvalue weighted by Gasteiger charge is 1.94. The van der Waals surface area contributed by atoms with Crippen molar-refractivity contribution in [3.63, 3.8) is 0 Å². The first-order chi connectivity index (χ1) is 8.72. The number of hydrogen-bond donors (Lipinski definition) is 1. The van der Waals surface area contributed by atoms with Gasteiger partial charge in [-0.05, 0) is 38.8 Å². The Morgan fingerprint density at radius 2 is 1.83 bits per heavy atom. The molecule has 0 aromatic heterocycles. The normalized spacial score (nSPS) is 12.8. The molecule has 0 heterocycles. The highest BCUT2D eigenvalue weighted by molar-refractivity contribution is 7.99. The third-order valence-corrected chi connectivity index (χ3v) is 3.89. The van der Waals surface area contributed by atoms with Gasteiger partial charge in [0.15, 0.2) is 0 Å². The molecule has 0 unspecified atom stereocenters. The quantitative estimate of drug-likeness (QED) is 0.579. The van der Waals surface area contributed by atoms with Crippen molar-refractivity contribution in [2.75, 3.05) is 12.4 Å². The summed E-state index contributed by atoms with van der Waals surface area (Å²) in [5.74, 6) is 1.05. The molecule has 0 amide bonds. The highest BCUT2D eigenvalue weighted by atomic mass is 32.2. The summed E-state index contributed by atoms with van der Waals surface area (Å²) < 4.78 is 0. The van der Waals surface area contributed by atoms with E-state index in [2.05, 4.69) is 44.2 Å². The van der Waals surface area contributed by atoms with E-state index in [1.165, 1.54) is 16.0 Å². The molecule has 1 rings (SSSR count). The molecule has 0 atom stereocenters. The van der Waals surface area contributed by atoms with Gasteiger partial charge in [-0.1, -0.05) is 41.5 Å². The Hall–Kier alpha value is -0.990. The first-order valence-corrected chi connectivity index (χ1v) is 7.31. The molecule has 0 saturated carbocycles. The van der Waals surface area contributed by atoms with Crippen molar-refractivity contribution in [3.8, 4) is 0 Å². The zero-order chi connectivity index (χ0) is 13.2. The summed E-state index contributed by atoms with van der Waals surface area (Å²) >= 11 is 1.87. The van der Waals surface area contributed by atoms with Crippen LogP contribution in [0.25, 0.3) is 0 Å². The van der Waals surface area contributed by atoms with Gasteiger partial charge >= 0.3 is 0 Å². The maximum Gasteiger partial charge on any atom is 0.0614 e. The Kier molecular flexibility index (Phi) is 7.54. The van der Waals surface area contributed by atoms with Gasteiger partial charge in [0.2, 0.25) is 0 Å². The molecule has 18 heavy (non-hydrogen) atoms. The summed E-state index contributed by atoms with van der Waals surface area (Å²) in [5, 5.41) is 8.76. The minimum Gasteiger partial charge on any atom is -0.392 e. The minimum atomic E-state index is 0.151. The van der Waals surface area contributed by atoms with Crippen LogP contribution in [0.2, 0.25) is 0 Å². The Morgan fingerprint density at radius 1 is 1.11 bits per heavy atom. The molecule has 1 nitrogen and oxygen atoms in total. The summed E-state index contributed by atoms with van der Waals surface area (Å²) in [7, 11) is 0. The van der Waals surface area contributed by atoms with Crippen LogP contribution in [-0.4, -0.2) is 17.5 Å². The van der Waals surface area contributed by atoms with Crippen LogP contribution in [-0.2, 0) is 0 Å². The van der Waals surface area contributed by atoms with E-state index in [9.17, 15) is 0 Å². The van der Waals surface area contributed by atoms with Gasteiger partial charge in [0.05, 0.1) is 6.61 Å². The number of thioether (sulfide) groups is 1. The topological polar surface area (TPSA) is 20.2 Å². The van der Waals surface area contributed by atoms with E-state index in [0.29, 0.717) is 0 Å². The highest BCUT2D eigenvalue weighted by Crippen LogP contribution is 2.20. The van der Waals surface area contributed by atoms with Crippen molar-refractivity contribution in [1.82, 2.24) is 0 Å². The van der Waals surface area contributed by atoms with Crippen molar-refractivity contribution >= 4 is 11.8 Å². The van der Waals surface area contributed by atoms with Crippen LogP contribution in [0.4, 0.5) is 0 Å². The first-order valence-electron chi connectivity index (χ1n) is 6.32. The summed E-state index contributed by atoms with van der Waals surface area (Å²) in [6.07, 6.45) is 6.27. The number of aliphatic hydroxyl groups is 1. The second-order valence-corrected chi connectivity index (χ2v) is 5.47. The zero-order valence-electron chi connectivity index (χ0n) is 11.2. The number of hydrogen-bond acceptors (Lipinski definition) is 2. The van der Waals surface area contributed by atoms with Crippen molar-refractivity contribution in [1.29, 1.82) is 0 Å². The fourth-order valence-corrected chi connectivity index (χ4v) is 2.44. The van der Waals surface area contributed by atoms with Crippen molar-refractivity contribution < 1.29 is 5.11 Å². The third kappa shape index (κ3) is 6.67. The predicted molar refractivity (Wildman–Crippen MR) is 81.0 cm³/mol. The van der Waals surface area contributed by atoms with Gasteiger partial charge in [-0.25, -0.2) is 0 Å². The van der Waals surface area contributed by atoms with Gasteiger partial charge in [-0.2, -0.15) is 0 Å². The van der Waals surface area contributed by atoms with E-state index in [0.717, 1.165) is 18.6 Å². The molecule has 0 aliphatic rings. The summed E-state index contributed by atoms with van der Waals surface area (Å²) in [6, 6.07) is 10.5. The second kappa shape index (κ2) is 9.01. The maximum atomic E-state index is 8.76. The summed E-state index contributed by atoms with van der Waals surface area (Å²) in [4.78, 5) is 1.32. The van der Waals surface area contributed by atoms with E-state index < -0.39 is 0 Å². The molecule has 0 radical (unpaired) electrons. The van der Waals surface area contributed by atoms with Crippen molar-refractivity contribution in [2.24, 2.45) is 0 Å². The average molecular weight is 262 g/mol. The van der Waals surface area contributed by atoms with Crippen LogP contribution < -0.4 is 0 Å². The lowest BCUT2D eigenvalue weighted by Gasteiger charge is -2.02. The van der Waals surface area contributed by atoms with Crippen molar-refractivity contribution in [3.05, 3.63) is 53.6 Å². The Balaban J connectivity index is 2.28. The van der Waals surface area contributed by atoms with E-state index in [4.69, 9.17) is 5.11 Å². The van der Waals surface area contributed by atoms with E-state index >= 15 is 0 Å². The largest absolute Gasteiger partial charge is 0.392 e. The lowest BCUT2D eigenvalue weighted by Crippen LogP contribution is -1.84. The van der Waals surface area contributed by atoms with E-state index in [1.54, 1.807) is 0 Å². The number of aliphatic hydroxyl groups excluding tert-OH is 1. The molecule has 1 aromatic carbocycles. The third-order valence-electron chi connectivity index (χ3n) is 2.68. The van der Waals surface area contributed by atoms with Crippen molar-refractivity contribution in [2.45, 2.75) is 31.6 Å². The first kappa shape index (κ1) is 15.1. The van der Waals surface area contributed by atoms with Gasteiger partial charge in [0.25, 0.3) is 0 Å². The van der Waals surface area contributed by atoms with Gasteiger partial charge in [0.1, 0.15) is 0 Å². The molecule has 98 valence electrons. The zero-order valence-corrected chi connectivity index (χ0v) is 12.0. The Morgan fingerprint density at radius 3 is 2.50 bits per heavy atom. The molecule has 2 heteroatoms. The van der Waals surface area contributed by atoms with E-state index in [1.807, 2.05) is 23.9 Å². The molecule has 1 aromatic rings. The monoisotopic (exact) mass is 262 g/mol. The predicted octanol–water partition coefficient (Wildman–Crippen LogP) is 4.44. The lowest BCUT2D eigenvalue weighted by molar-refractivity contribution is 0.341. The summed E-state index contributed by atoms with van der Waals surface area (Å²) in [6.45, 7) is 4.40. The number of allylic oxidation sites excluding steroid dienone is 2. The lowest BCUT2D eigenvalue weighted by atomic mass is 10.1. The van der Waals surface area contributed by atoms with Gasteiger partial charge in [0, 0.05) is 10.6 Å². The SMILES string of the molecule is C/C(=C\CO)CC/C=C(\C)CSc1ccccc1. The number of rotatable bonds is 7. The molecular weight excluding hydrogens is 240 g/mol. The fourth-order valence-electron chi connectivity index (χ4n) is 1.58. The van der Waals surface area contributed by atoms with Gasteiger partial charge in [-0.15, -0.1) is 11.8 Å². The standard InChI is InChI=1S/C16H22OS/c1-14(11-12-17)7-6-8-15(2)13-18-16-9-4-3-5-10-16/h3-5,8-11,17H,6-7,12-13H2,1-2H3/b14-11+,15-8+. The Labute approximate surface area is 115 Å². The molecule has 0 fully saturated rings. The molecular formula is C16H22OS. The van der Waals surface area contributed by atoms with Crippen LogP contribution >= 0.6 is 11.8 Å². The molecule has 0 aliphatic heterocycles. The van der Waals surface area contributed by atoms with Crippen LogP contribution in [0.1, 0.15) is 26.7 Å². The minimum absolute atomic E-state index is 0.151. The molecule has 0 bridgehead atoms. The molecule has 1 N–H and O–H groups in total. The fraction of sp³-hybridized carbons (Fsp3) is 0.375. The smallest absolute Gasteiger partial charge is 0.0614 e. The van der Waals surface area contributed by atoms with Crippen LogP contribution in [0.15, 0.2) is 58.5 Å². The van der Waals surface area contributed by atoms with Crippen LogP contribution in [0, 0.1) is 0 Å². The maximum absolute atomic E-state index is 8.76. The van der Waals surface area contributed by atoms with Gasteiger partial charge in [-0.3, -0.25) is 0 Å². The Bertz CT molecular complexity index is 393. The number of benzene rings is 1. The summed E-state index contributed by atoms with van der Waals surface area (Å²) in [5.41, 5.74) is 2.68.